The number of esters is 1. The summed E-state index contributed by atoms with van der Waals surface area (Å²) in [4.78, 5) is 23.2. The van der Waals surface area contributed by atoms with Gasteiger partial charge in [0.05, 0.1) is 19.9 Å². The Bertz CT molecular complexity index is 772. The first-order valence-corrected chi connectivity index (χ1v) is 7.98. The van der Waals surface area contributed by atoms with Crippen LogP contribution < -0.4 is 14.9 Å². The second kappa shape index (κ2) is 9.83. The average Bonchev–Trinajstić information content (AvgIpc) is 2.67. The summed E-state index contributed by atoms with van der Waals surface area (Å²) in [7, 11) is 1.54. The van der Waals surface area contributed by atoms with Crippen LogP contribution >= 0.6 is 0 Å². The minimum Gasteiger partial charge on any atom is -0.497 e. The molecule has 1 N–H and O–H groups in total. The van der Waals surface area contributed by atoms with E-state index in [-0.39, 0.29) is 12.5 Å². The Labute approximate surface area is 151 Å². The van der Waals surface area contributed by atoms with E-state index in [2.05, 4.69) is 10.5 Å². The Morgan fingerprint density at radius 2 is 1.88 bits per heavy atom. The van der Waals surface area contributed by atoms with Crippen molar-refractivity contribution in [2.45, 2.75) is 6.92 Å². The molecule has 0 saturated heterocycles. The third kappa shape index (κ3) is 5.94. The average molecular weight is 356 g/mol. The number of carbonyl (C=O) groups excluding carboxylic acids is 2. The van der Waals surface area contributed by atoms with E-state index < -0.39 is 5.97 Å². The fourth-order valence-corrected chi connectivity index (χ4v) is 1.99. The largest absolute Gasteiger partial charge is 0.497 e. The summed E-state index contributed by atoms with van der Waals surface area (Å²) in [6.45, 7) is 1.91. The van der Waals surface area contributed by atoms with Crippen molar-refractivity contribution in [3.8, 4) is 11.5 Å². The monoisotopic (exact) mass is 356 g/mol. The van der Waals surface area contributed by atoms with E-state index in [1.165, 1.54) is 13.3 Å². The fourth-order valence-electron chi connectivity index (χ4n) is 1.99. The van der Waals surface area contributed by atoms with Gasteiger partial charge in [0.1, 0.15) is 11.5 Å². The van der Waals surface area contributed by atoms with Gasteiger partial charge in [-0.15, -0.1) is 0 Å². The van der Waals surface area contributed by atoms with Gasteiger partial charge in [0.2, 0.25) is 0 Å². The van der Waals surface area contributed by atoms with E-state index in [1.807, 2.05) is 0 Å². The summed E-state index contributed by atoms with van der Waals surface area (Å²) in [6.07, 6.45) is 1.51. The highest BCUT2D eigenvalue weighted by atomic mass is 16.6. The van der Waals surface area contributed by atoms with Crippen LogP contribution in [0.4, 0.5) is 0 Å². The number of hydrogen-bond donors (Lipinski definition) is 1. The molecule has 0 spiro atoms. The smallest absolute Gasteiger partial charge is 0.344 e. The van der Waals surface area contributed by atoms with Crippen LogP contribution in [0.15, 0.2) is 53.6 Å². The molecule has 2 aromatic carbocycles. The molecule has 0 bridgehead atoms. The van der Waals surface area contributed by atoms with Crippen LogP contribution in [-0.2, 0) is 9.53 Å². The van der Waals surface area contributed by atoms with Crippen molar-refractivity contribution >= 4 is 18.1 Å². The molecule has 0 aliphatic rings. The predicted octanol–water partition coefficient (Wildman–Crippen LogP) is 2.40. The van der Waals surface area contributed by atoms with E-state index in [0.29, 0.717) is 23.7 Å². The molecule has 0 fully saturated rings. The van der Waals surface area contributed by atoms with Crippen LogP contribution in [0.25, 0.3) is 0 Å². The van der Waals surface area contributed by atoms with E-state index in [4.69, 9.17) is 14.2 Å². The van der Waals surface area contributed by atoms with Crippen LogP contribution in [0.3, 0.4) is 0 Å². The van der Waals surface area contributed by atoms with Gasteiger partial charge in [-0.25, -0.2) is 10.2 Å². The molecule has 7 nitrogen and oxygen atoms in total. The van der Waals surface area contributed by atoms with Crippen molar-refractivity contribution in [2.75, 3.05) is 20.3 Å². The lowest BCUT2D eigenvalue weighted by molar-refractivity contribution is -0.145. The summed E-state index contributed by atoms with van der Waals surface area (Å²) >= 11 is 0. The molecular weight excluding hydrogens is 336 g/mol. The highest BCUT2D eigenvalue weighted by Crippen LogP contribution is 2.13. The standard InChI is InChI=1S/C19H20N2O5/c1-3-25-18(22)13-26-16-9-7-14(8-10-16)12-20-21-19(23)15-5-4-6-17(11-15)24-2/h4-12H,3,13H2,1-2H3,(H,21,23)/b20-12-. The molecule has 0 aliphatic heterocycles. The number of methoxy groups -OCH3 is 1. The second-order valence-electron chi connectivity index (χ2n) is 5.09. The predicted molar refractivity (Wildman–Crippen MR) is 96.6 cm³/mol. The molecule has 0 atom stereocenters. The minimum absolute atomic E-state index is 0.141. The molecule has 136 valence electrons. The Hall–Kier alpha value is -3.35. The van der Waals surface area contributed by atoms with Crippen LogP contribution in [-0.4, -0.2) is 38.4 Å². The van der Waals surface area contributed by atoms with Crippen molar-refractivity contribution in [3.63, 3.8) is 0 Å². The maximum atomic E-state index is 12.0. The van der Waals surface area contributed by atoms with Crippen molar-refractivity contribution in [1.29, 1.82) is 0 Å². The number of hydrazone groups is 1. The number of nitrogens with one attached hydrogen (secondary N) is 1. The molecular formula is C19H20N2O5. The lowest BCUT2D eigenvalue weighted by Gasteiger charge is -2.05. The van der Waals surface area contributed by atoms with Gasteiger partial charge >= 0.3 is 5.97 Å². The molecule has 0 aromatic heterocycles. The number of amides is 1. The lowest BCUT2D eigenvalue weighted by atomic mass is 10.2. The van der Waals surface area contributed by atoms with Crippen molar-refractivity contribution < 1.29 is 23.8 Å². The molecule has 2 rings (SSSR count). The van der Waals surface area contributed by atoms with Crippen LogP contribution in [0, 0.1) is 0 Å². The second-order valence-corrected chi connectivity index (χ2v) is 5.09. The molecule has 0 radical (unpaired) electrons. The zero-order valence-electron chi connectivity index (χ0n) is 14.6. The van der Waals surface area contributed by atoms with Gasteiger partial charge in [-0.3, -0.25) is 4.79 Å². The van der Waals surface area contributed by atoms with Gasteiger partial charge in [-0.2, -0.15) is 5.10 Å². The van der Waals surface area contributed by atoms with Gasteiger partial charge in [0.15, 0.2) is 6.61 Å². The van der Waals surface area contributed by atoms with Gasteiger partial charge in [0.25, 0.3) is 5.91 Å². The Morgan fingerprint density at radius 1 is 1.12 bits per heavy atom. The summed E-state index contributed by atoms with van der Waals surface area (Å²) in [5, 5.41) is 3.92. The number of ether oxygens (including phenoxy) is 3. The number of rotatable bonds is 8. The zero-order valence-corrected chi connectivity index (χ0v) is 14.6. The van der Waals surface area contributed by atoms with E-state index in [9.17, 15) is 9.59 Å². The molecule has 0 unspecified atom stereocenters. The number of benzene rings is 2. The van der Waals surface area contributed by atoms with Gasteiger partial charge in [-0.05, 0) is 55.0 Å². The first-order chi connectivity index (χ1) is 12.6. The van der Waals surface area contributed by atoms with E-state index in [0.717, 1.165) is 5.56 Å². The molecule has 1 amide bonds. The summed E-state index contributed by atoms with van der Waals surface area (Å²) < 4.78 is 15.2. The van der Waals surface area contributed by atoms with Crippen molar-refractivity contribution in [3.05, 3.63) is 59.7 Å². The van der Waals surface area contributed by atoms with Crippen LogP contribution in [0.2, 0.25) is 0 Å². The molecule has 7 heteroatoms. The molecule has 2 aromatic rings. The highest BCUT2D eigenvalue weighted by Gasteiger charge is 2.05. The molecule has 0 aliphatic carbocycles. The summed E-state index contributed by atoms with van der Waals surface area (Å²) in [6, 6.07) is 13.7. The highest BCUT2D eigenvalue weighted by molar-refractivity contribution is 5.95. The first-order valence-electron chi connectivity index (χ1n) is 7.98. The van der Waals surface area contributed by atoms with Crippen molar-refractivity contribution in [1.82, 2.24) is 5.43 Å². The topological polar surface area (TPSA) is 86.2 Å². The number of hydrogen-bond acceptors (Lipinski definition) is 6. The fraction of sp³-hybridized carbons (Fsp3) is 0.211. The third-order valence-electron chi connectivity index (χ3n) is 3.25. The van der Waals surface area contributed by atoms with Crippen LogP contribution in [0.5, 0.6) is 11.5 Å². The third-order valence-corrected chi connectivity index (χ3v) is 3.25. The van der Waals surface area contributed by atoms with Crippen molar-refractivity contribution in [2.24, 2.45) is 5.10 Å². The minimum atomic E-state index is -0.418. The maximum absolute atomic E-state index is 12.0. The van der Waals surface area contributed by atoms with E-state index >= 15 is 0 Å². The van der Waals surface area contributed by atoms with Gasteiger partial charge in [-0.1, -0.05) is 6.07 Å². The summed E-state index contributed by atoms with van der Waals surface area (Å²) in [5.74, 6) is 0.378. The van der Waals surface area contributed by atoms with Gasteiger partial charge in [0, 0.05) is 5.56 Å². The Morgan fingerprint density at radius 3 is 2.58 bits per heavy atom. The molecule has 0 saturated carbocycles. The normalized spacial score (nSPS) is 10.4. The quantitative estimate of drug-likeness (QED) is 0.446. The Kier molecular flexibility index (Phi) is 7.17. The number of nitrogens with zero attached hydrogens (tertiary/aromatic N) is 1. The maximum Gasteiger partial charge on any atom is 0.344 e. The molecule has 26 heavy (non-hydrogen) atoms. The molecule has 0 heterocycles. The van der Waals surface area contributed by atoms with E-state index in [1.54, 1.807) is 55.5 Å². The first kappa shape index (κ1) is 19.0. The SMILES string of the molecule is CCOC(=O)COc1ccc(/C=N\NC(=O)c2cccc(OC)c2)cc1. The summed E-state index contributed by atoms with van der Waals surface area (Å²) in [5.41, 5.74) is 3.66. The van der Waals surface area contributed by atoms with Gasteiger partial charge < -0.3 is 14.2 Å². The number of carbonyl (C=O) groups is 2. The zero-order chi connectivity index (χ0) is 18.8. The van der Waals surface area contributed by atoms with Crippen LogP contribution in [0.1, 0.15) is 22.8 Å². The lowest BCUT2D eigenvalue weighted by Crippen LogP contribution is -2.17. The Balaban J connectivity index is 1.86.